The van der Waals surface area contributed by atoms with Crippen molar-refractivity contribution in [3.8, 4) is 17.0 Å². The van der Waals surface area contributed by atoms with Crippen LogP contribution in [0.15, 0.2) is 36.4 Å². The van der Waals surface area contributed by atoms with Gasteiger partial charge in [-0.2, -0.15) is 4.39 Å². The van der Waals surface area contributed by atoms with Gasteiger partial charge >= 0.3 is 12.3 Å². The molecule has 22 heavy (non-hydrogen) atoms. The number of ether oxygens (including phenoxy) is 2. The first-order valence-electron chi connectivity index (χ1n) is 5.90. The number of alkyl halides is 3. The predicted molar refractivity (Wildman–Crippen MR) is 67.7 cm³/mol. The monoisotopic (exact) mass is 315 g/mol. The van der Waals surface area contributed by atoms with E-state index in [2.05, 4.69) is 14.5 Å². The van der Waals surface area contributed by atoms with E-state index in [1.54, 1.807) is 0 Å². The minimum atomic E-state index is -4.84. The van der Waals surface area contributed by atoms with Crippen LogP contribution in [0.25, 0.3) is 11.3 Å². The zero-order chi connectivity index (χ0) is 16.3. The van der Waals surface area contributed by atoms with E-state index in [0.29, 0.717) is 0 Å². The maximum Gasteiger partial charge on any atom is 0.573 e. The first-order valence-corrected chi connectivity index (χ1v) is 5.90. The van der Waals surface area contributed by atoms with E-state index in [0.717, 1.165) is 25.3 Å². The summed E-state index contributed by atoms with van der Waals surface area (Å²) in [6.45, 7) is 0. The fourth-order valence-electron chi connectivity index (χ4n) is 1.73. The van der Waals surface area contributed by atoms with Gasteiger partial charge in [0.15, 0.2) is 0 Å². The van der Waals surface area contributed by atoms with Crippen molar-refractivity contribution in [3.63, 3.8) is 0 Å². The standard InChI is InChI=1S/C14H9F4NO3/c1-21-13(20)9-6-11(19-12(15)7-9)8-3-2-4-10(5-8)22-14(16,17)18/h2-7H,1H3. The molecule has 0 aliphatic heterocycles. The van der Waals surface area contributed by atoms with Gasteiger partial charge in [0.2, 0.25) is 5.95 Å². The van der Waals surface area contributed by atoms with E-state index < -0.39 is 24.0 Å². The highest BCUT2D eigenvalue weighted by Gasteiger charge is 2.31. The second kappa shape index (κ2) is 6.00. The van der Waals surface area contributed by atoms with Gasteiger partial charge in [-0.25, -0.2) is 9.78 Å². The largest absolute Gasteiger partial charge is 0.573 e. The molecule has 8 heteroatoms. The average Bonchev–Trinajstić information content (AvgIpc) is 2.44. The molecule has 4 nitrogen and oxygen atoms in total. The second-order valence-corrected chi connectivity index (χ2v) is 4.13. The Kier molecular flexibility index (Phi) is 4.30. The number of carbonyl (C=O) groups is 1. The number of aromatic nitrogens is 1. The van der Waals surface area contributed by atoms with Crippen LogP contribution < -0.4 is 4.74 Å². The van der Waals surface area contributed by atoms with Crippen molar-refractivity contribution in [2.24, 2.45) is 0 Å². The van der Waals surface area contributed by atoms with Gasteiger partial charge in [-0.1, -0.05) is 12.1 Å². The van der Waals surface area contributed by atoms with Gasteiger partial charge < -0.3 is 9.47 Å². The van der Waals surface area contributed by atoms with Crippen LogP contribution in [0.4, 0.5) is 17.6 Å². The molecule has 116 valence electrons. The summed E-state index contributed by atoms with van der Waals surface area (Å²) >= 11 is 0. The van der Waals surface area contributed by atoms with Gasteiger partial charge in [0.05, 0.1) is 18.4 Å². The molecular weight excluding hydrogens is 306 g/mol. The van der Waals surface area contributed by atoms with Crippen LogP contribution in [0, 0.1) is 5.95 Å². The summed E-state index contributed by atoms with van der Waals surface area (Å²) < 4.78 is 58.3. The summed E-state index contributed by atoms with van der Waals surface area (Å²) in [5, 5.41) is 0. The summed E-state index contributed by atoms with van der Waals surface area (Å²) in [5.41, 5.74) is 0.0339. The van der Waals surface area contributed by atoms with Crippen LogP contribution in [0.2, 0.25) is 0 Å². The van der Waals surface area contributed by atoms with Gasteiger partial charge in [0.25, 0.3) is 0 Å². The maximum absolute atomic E-state index is 13.5. The first-order chi connectivity index (χ1) is 10.3. The molecule has 0 saturated heterocycles. The van der Waals surface area contributed by atoms with E-state index in [9.17, 15) is 22.4 Å². The molecule has 0 spiro atoms. The van der Waals surface area contributed by atoms with Gasteiger partial charge in [-0.05, 0) is 18.2 Å². The Balaban J connectivity index is 2.41. The number of hydrogen-bond acceptors (Lipinski definition) is 4. The highest BCUT2D eigenvalue weighted by atomic mass is 19.4. The van der Waals surface area contributed by atoms with Crippen LogP contribution in [0.5, 0.6) is 5.75 Å². The number of esters is 1. The smallest absolute Gasteiger partial charge is 0.465 e. The molecule has 0 saturated carbocycles. The molecule has 0 amide bonds. The van der Waals surface area contributed by atoms with Crippen molar-refractivity contribution >= 4 is 5.97 Å². The molecule has 0 aliphatic carbocycles. The number of nitrogens with zero attached hydrogens (tertiary/aromatic N) is 1. The summed E-state index contributed by atoms with van der Waals surface area (Å²) in [7, 11) is 1.12. The molecule has 1 aromatic carbocycles. The van der Waals surface area contributed by atoms with Crippen molar-refractivity contribution < 1.29 is 31.8 Å². The van der Waals surface area contributed by atoms with Gasteiger partial charge in [0.1, 0.15) is 5.75 Å². The van der Waals surface area contributed by atoms with Crippen LogP contribution in [-0.2, 0) is 4.74 Å². The van der Waals surface area contributed by atoms with Crippen LogP contribution in [0.3, 0.4) is 0 Å². The zero-order valence-electron chi connectivity index (χ0n) is 11.1. The number of rotatable bonds is 3. The third-order valence-electron chi connectivity index (χ3n) is 2.58. The van der Waals surface area contributed by atoms with Crippen molar-refractivity contribution in [3.05, 3.63) is 47.9 Å². The third-order valence-corrected chi connectivity index (χ3v) is 2.58. The number of methoxy groups -OCH3 is 1. The Labute approximate surface area is 122 Å². The van der Waals surface area contributed by atoms with E-state index in [4.69, 9.17) is 0 Å². The molecule has 1 heterocycles. The van der Waals surface area contributed by atoms with Crippen LogP contribution in [-0.4, -0.2) is 24.4 Å². The normalized spacial score (nSPS) is 11.1. The lowest BCUT2D eigenvalue weighted by molar-refractivity contribution is -0.274. The lowest BCUT2D eigenvalue weighted by Crippen LogP contribution is -2.17. The Morgan fingerprint density at radius 2 is 1.91 bits per heavy atom. The van der Waals surface area contributed by atoms with Crippen molar-refractivity contribution in [2.45, 2.75) is 6.36 Å². The number of hydrogen-bond donors (Lipinski definition) is 0. The number of halogens is 4. The molecule has 0 fully saturated rings. The topological polar surface area (TPSA) is 48.4 Å². The lowest BCUT2D eigenvalue weighted by Gasteiger charge is -2.10. The Morgan fingerprint density at radius 1 is 1.18 bits per heavy atom. The van der Waals surface area contributed by atoms with Crippen LogP contribution >= 0.6 is 0 Å². The van der Waals surface area contributed by atoms with Crippen molar-refractivity contribution in [2.75, 3.05) is 7.11 Å². The molecule has 2 aromatic rings. The van der Waals surface area contributed by atoms with E-state index in [1.165, 1.54) is 18.2 Å². The third kappa shape index (κ3) is 3.94. The summed E-state index contributed by atoms with van der Waals surface area (Å²) in [6, 6.07) is 6.91. The van der Waals surface area contributed by atoms with E-state index in [1.807, 2.05) is 0 Å². The Bertz CT molecular complexity index is 701. The minimum absolute atomic E-state index is 0.0203. The molecule has 2 rings (SSSR count). The summed E-state index contributed by atoms with van der Waals surface area (Å²) in [6.07, 6.45) is -4.84. The Hall–Kier alpha value is -2.64. The summed E-state index contributed by atoms with van der Waals surface area (Å²) in [4.78, 5) is 15.0. The molecule has 0 atom stereocenters. The van der Waals surface area contributed by atoms with Gasteiger partial charge in [0, 0.05) is 11.6 Å². The highest BCUT2D eigenvalue weighted by molar-refractivity contribution is 5.90. The zero-order valence-corrected chi connectivity index (χ0v) is 11.1. The average molecular weight is 315 g/mol. The Morgan fingerprint density at radius 3 is 2.55 bits per heavy atom. The maximum atomic E-state index is 13.5. The molecule has 0 unspecified atom stereocenters. The van der Waals surface area contributed by atoms with Crippen molar-refractivity contribution in [1.29, 1.82) is 0 Å². The molecule has 0 N–H and O–H groups in total. The molecule has 0 bridgehead atoms. The molecular formula is C14H9F4NO3. The number of benzene rings is 1. The minimum Gasteiger partial charge on any atom is -0.465 e. The summed E-state index contributed by atoms with van der Waals surface area (Å²) in [5.74, 6) is -2.22. The van der Waals surface area contributed by atoms with E-state index in [-0.39, 0.29) is 16.8 Å². The highest BCUT2D eigenvalue weighted by Crippen LogP contribution is 2.27. The molecule has 0 radical (unpaired) electrons. The number of carbonyl (C=O) groups excluding carboxylic acids is 1. The molecule has 1 aromatic heterocycles. The predicted octanol–water partition coefficient (Wildman–Crippen LogP) is 3.57. The van der Waals surface area contributed by atoms with Crippen LogP contribution in [0.1, 0.15) is 10.4 Å². The quantitative estimate of drug-likeness (QED) is 0.493. The second-order valence-electron chi connectivity index (χ2n) is 4.13. The fourth-order valence-corrected chi connectivity index (χ4v) is 1.73. The number of pyridine rings is 1. The molecule has 0 aliphatic rings. The first kappa shape index (κ1) is 15.7. The van der Waals surface area contributed by atoms with Gasteiger partial charge in [-0.15, -0.1) is 13.2 Å². The van der Waals surface area contributed by atoms with Gasteiger partial charge in [-0.3, -0.25) is 0 Å². The van der Waals surface area contributed by atoms with Crippen molar-refractivity contribution in [1.82, 2.24) is 4.98 Å². The SMILES string of the molecule is COC(=O)c1cc(F)nc(-c2cccc(OC(F)(F)F)c2)c1. The lowest BCUT2D eigenvalue weighted by atomic mass is 10.1. The van der Waals surface area contributed by atoms with E-state index >= 15 is 0 Å². The fraction of sp³-hybridized carbons (Fsp3) is 0.143.